The third-order valence-electron chi connectivity index (χ3n) is 8.08. The Morgan fingerprint density at radius 1 is 1.07 bits per heavy atom. The monoisotopic (exact) mass is 549 g/mol. The number of carboxylic acid groups (broad SMARTS) is 1. The fraction of sp³-hybridized carbons (Fsp3) is 0.515. The van der Waals surface area contributed by atoms with Gasteiger partial charge in [-0.3, -0.25) is 0 Å². The average molecular weight is 550 g/mol. The molecule has 0 aliphatic carbocycles. The van der Waals surface area contributed by atoms with E-state index in [1.165, 1.54) is 5.56 Å². The second-order valence-electron chi connectivity index (χ2n) is 12.7. The molecule has 4 rings (SSSR count). The molecule has 2 aliphatic heterocycles. The van der Waals surface area contributed by atoms with Crippen molar-refractivity contribution in [2.75, 3.05) is 19.7 Å². The first-order chi connectivity index (χ1) is 18.8. The first kappa shape index (κ1) is 29.7. The predicted octanol–water partition coefficient (Wildman–Crippen LogP) is 6.76. The summed E-state index contributed by atoms with van der Waals surface area (Å²) >= 11 is 0. The van der Waals surface area contributed by atoms with Crippen molar-refractivity contribution >= 4 is 12.1 Å². The number of hydrogen-bond donors (Lipinski definition) is 1. The highest BCUT2D eigenvalue weighted by molar-refractivity contribution is 5.69. The average Bonchev–Trinajstić information content (AvgIpc) is 2.90. The fourth-order valence-corrected chi connectivity index (χ4v) is 5.84. The Morgan fingerprint density at radius 3 is 2.40 bits per heavy atom. The molecule has 7 nitrogen and oxygen atoms in total. The van der Waals surface area contributed by atoms with Gasteiger partial charge in [0, 0.05) is 35.9 Å². The van der Waals surface area contributed by atoms with Crippen molar-refractivity contribution in [1.29, 1.82) is 0 Å². The number of carbonyl (C=O) groups excluding carboxylic acids is 1. The number of likely N-dealkylation sites (tertiary alicyclic amines) is 1. The zero-order valence-corrected chi connectivity index (χ0v) is 24.6. The molecule has 4 atom stereocenters. The maximum absolute atomic E-state index is 12.8. The molecule has 1 amide bonds. The lowest BCUT2D eigenvalue weighted by molar-refractivity contribution is -0.140. The predicted molar refractivity (Wildman–Crippen MR) is 155 cm³/mol. The van der Waals surface area contributed by atoms with Gasteiger partial charge in [0.2, 0.25) is 0 Å². The highest BCUT2D eigenvalue weighted by Crippen LogP contribution is 2.48. The van der Waals surface area contributed by atoms with Gasteiger partial charge < -0.3 is 24.2 Å². The highest BCUT2D eigenvalue weighted by atomic mass is 16.6. The first-order valence-electron chi connectivity index (χ1n) is 14.1. The van der Waals surface area contributed by atoms with Crippen molar-refractivity contribution in [2.24, 2.45) is 11.8 Å². The number of fused-ring (bicyclic) bond motifs is 1. The summed E-state index contributed by atoms with van der Waals surface area (Å²) in [4.78, 5) is 26.0. The van der Waals surface area contributed by atoms with Gasteiger partial charge in [0.15, 0.2) is 6.61 Å². The standard InChI is InChI=1S/C33H43NO6/c1-21(2)25-17-22-19-34(31(37)40-32(3,4)5)16-15-27(22)39-30(25)26-18-24(13-14-28(26)38-20-29(35)36)33(6,7)23-11-9-8-10-12-23/h8-14,18,22,25,27,30H,1,15-17,19-20H2,2-7H3,(H,35,36)/t22-,25-,27+,30+/m1/s1. The molecule has 2 aromatic rings. The molecule has 216 valence electrons. The second-order valence-corrected chi connectivity index (χ2v) is 12.7. The van der Waals surface area contributed by atoms with Crippen LogP contribution in [0.1, 0.15) is 77.2 Å². The van der Waals surface area contributed by atoms with E-state index in [4.69, 9.17) is 14.2 Å². The molecule has 40 heavy (non-hydrogen) atoms. The van der Waals surface area contributed by atoms with Gasteiger partial charge in [-0.2, -0.15) is 0 Å². The molecule has 0 aromatic heterocycles. The number of nitrogens with zero attached hydrogens (tertiary/aromatic N) is 1. The molecule has 0 spiro atoms. The highest BCUT2D eigenvalue weighted by Gasteiger charge is 2.44. The number of rotatable bonds is 7. The van der Waals surface area contributed by atoms with Gasteiger partial charge >= 0.3 is 12.1 Å². The Hall–Kier alpha value is -3.32. The number of carbonyl (C=O) groups is 2. The minimum Gasteiger partial charge on any atom is -0.482 e. The van der Waals surface area contributed by atoms with E-state index in [0.717, 1.165) is 23.1 Å². The van der Waals surface area contributed by atoms with Crippen LogP contribution in [0.2, 0.25) is 0 Å². The normalized spacial score (nSPS) is 23.2. The molecule has 2 aliphatic rings. The van der Waals surface area contributed by atoms with Crippen LogP contribution in [0.3, 0.4) is 0 Å². The zero-order chi connectivity index (χ0) is 29.2. The van der Waals surface area contributed by atoms with E-state index >= 15 is 0 Å². The van der Waals surface area contributed by atoms with Crippen molar-refractivity contribution in [3.63, 3.8) is 0 Å². The maximum Gasteiger partial charge on any atom is 0.410 e. The van der Waals surface area contributed by atoms with E-state index in [1.54, 1.807) is 4.90 Å². The van der Waals surface area contributed by atoms with E-state index in [2.05, 4.69) is 38.6 Å². The largest absolute Gasteiger partial charge is 0.482 e. The molecule has 0 saturated carbocycles. The van der Waals surface area contributed by atoms with Crippen LogP contribution >= 0.6 is 0 Å². The Balaban J connectivity index is 1.66. The molecular formula is C33H43NO6. The molecule has 0 unspecified atom stereocenters. The summed E-state index contributed by atoms with van der Waals surface area (Å²) < 4.78 is 18.3. The van der Waals surface area contributed by atoms with E-state index in [1.807, 2.05) is 58.0 Å². The minimum atomic E-state index is -1.03. The minimum absolute atomic E-state index is 0.0258. The van der Waals surface area contributed by atoms with Crippen LogP contribution in [0.5, 0.6) is 5.75 Å². The molecule has 0 bridgehead atoms. The summed E-state index contributed by atoms with van der Waals surface area (Å²) in [6.07, 6.45) is 0.818. The molecule has 7 heteroatoms. The molecule has 2 heterocycles. The van der Waals surface area contributed by atoms with Crippen LogP contribution in [0.25, 0.3) is 0 Å². The Bertz CT molecular complexity index is 1230. The summed E-state index contributed by atoms with van der Waals surface area (Å²) in [5.41, 5.74) is 3.24. The quantitative estimate of drug-likeness (QED) is 0.384. The van der Waals surface area contributed by atoms with Crippen LogP contribution in [-0.2, 0) is 19.7 Å². The smallest absolute Gasteiger partial charge is 0.410 e. The van der Waals surface area contributed by atoms with Crippen molar-refractivity contribution in [3.05, 3.63) is 77.4 Å². The third-order valence-corrected chi connectivity index (χ3v) is 8.08. The van der Waals surface area contributed by atoms with Crippen LogP contribution in [0.15, 0.2) is 60.7 Å². The number of hydrogen-bond acceptors (Lipinski definition) is 5. The van der Waals surface area contributed by atoms with Gasteiger partial charge in [-0.1, -0.05) is 62.4 Å². The second kappa shape index (κ2) is 11.7. The third kappa shape index (κ3) is 6.69. The number of amides is 1. The van der Waals surface area contributed by atoms with E-state index in [-0.39, 0.29) is 35.6 Å². The van der Waals surface area contributed by atoms with Gasteiger partial charge in [-0.25, -0.2) is 9.59 Å². The molecule has 2 aromatic carbocycles. The maximum atomic E-state index is 12.8. The lowest BCUT2D eigenvalue weighted by Gasteiger charge is -2.47. The zero-order valence-electron chi connectivity index (χ0n) is 24.6. The Morgan fingerprint density at radius 2 is 1.77 bits per heavy atom. The summed E-state index contributed by atoms with van der Waals surface area (Å²) in [6, 6.07) is 16.3. The number of carboxylic acids is 1. The molecule has 2 fully saturated rings. The van der Waals surface area contributed by atoms with Gasteiger partial charge in [0.25, 0.3) is 0 Å². The summed E-state index contributed by atoms with van der Waals surface area (Å²) in [7, 11) is 0. The molecular weight excluding hydrogens is 506 g/mol. The SMILES string of the molecule is C=C(C)[C@H]1C[C@@H]2CN(C(=O)OC(C)(C)C)CC[C@@H]2O[C@@H]1c1cc(C(C)(C)c2ccccc2)ccc1OCC(=O)O. The van der Waals surface area contributed by atoms with Crippen LogP contribution < -0.4 is 4.74 Å². The topological polar surface area (TPSA) is 85.3 Å². The van der Waals surface area contributed by atoms with Crippen LogP contribution in [0, 0.1) is 11.8 Å². The number of piperidine rings is 1. The van der Waals surface area contributed by atoms with E-state index in [9.17, 15) is 14.7 Å². The Kier molecular flexibility index (Phi) is 8.64. The lowest BCUT2D eigenvalue weighted by atomic mass is 9.74. The van der Waals surface area contributed by atoms with Gasteiger partial charge in [0.05, 0.1) is 12.2 Å². The molecule has 1 N–H and O–H groups in total. The van der Waals surface area contributed by atoms with Crippen molar-refractivity contribution < 1.29 is 28.9 Å². The van der Waals surface area contributed by atoms with Crippen molar-refractivity contribution in [3.8, 4) is 5.75 Å². The number of aliphatic carboxylic acids is 1. The number of benzene rings is 2. The Labute approximate surface area is 238 Å². The molecule has 0 radical (unpaired) electrons. The van der Waals surface area contributed by atoms with E-state index in [0.29, 0.717) is 25.3 Å². The van der Waals surface area contributed by atoms with E-state index < -0.39 is 18.2 Å². The summed E-state index contributed by atoms with van der Waals surface area (Å²) in [5.74, 6) is -0.403. The fourth-order valence-electron chi connectivity index (χ4n) is 5.84. The summed E-state index contributed by atoms with van der Waals surface area (Å²) in [5, 5.41) is 9.33. The van der Waals surface area contributed by atoms with Crippen molar-refractivity contribution in [1.82, 2.24) is 4.90 Å². The van der Waals surface area contributed by atoms with Gasteiger partial charge in [-0.05, 0) is 63.8 Å². The van der Waals surface area contributed by atoms with Gasteiger partial charge in [-0.15, -0.1) is 0 Å². The van der Waals surface area contributed by atoms with Gasteiger partial charge in [0.1, 0.15) is 11.4 Å². The molecule has 2 saturated heterocycles. The lowest BCUT2D eigenvalue weighted by Crippen LogP contribution is -2.51. The van der Waals surface area contributed by atoms with Crippen LogP contribution in [0.4, 0.5) is 4.79 Å². The van der Waals surface area contributed by atoms with Crippen LogP contribution in [-0.4, -0.2) is 53.5 Å². The number of ether oxygens (including phenoxy) is 3. The summed E-state index contributed by atoms with van der Waals surface area (Å²) in [6.45, 7) is 17.0. The van der Waals surface area contributed by atoms with Crippen molar-refractivity contribution in [2.45, 2.75) is 77.6 Å². The first-order valence-corrected chi connectivity index (χ1v) is 14.1.